The minimum absolute atomic E-state index is 0.466. The van der Waals surface area contributed by atoms with E-state index in [1.807, 2.05) is 42.5 Å². The van der Waals surface area contributed by atoms with Crippen LogP contribution in [0, 0.1) is 0 Å². The molecule has 0 fully saturated rings. The lowest BCUT2D eigenvalue weighted by molar-refractivity contribution is 0.174. The van der Waals surface area contributed by atoms with Gasteiger partial charge >= 0.3 is 0 Å². The second kappa shape index (κ2) is 8.06. The van der Waals surface area contributed by atoms with Crippen molar-refractivity contribution in [1.29, 1.82) is 0 Å². The lowest BCUT2D eigenvalue weighted by atomic mass is 10.1. The summed E-state index contributed by atoms with van der Waals surface area (Å²) in [6.45, 7) is 1.10. The van der Waals surface area contributed by atoms with Crippen molar-refractivity contribution in [1.82, 2.24) is 10.3 Å². The molecule has 1 atom stereocenters. The average molecular weight is 340 g/mol. The molecule has 0 saturated heterocycles. The third kappa shape index (κ3) is 4.20. The van der Waals surface area contributed by atoms with Gasteiger partial charge in [-0.15, -0.1) is 11.3 Å². The minimum atomic E-state index is -0.575. The summed E-state index contributed by atoms with van der Waals surface area (Å²) in [5.41, 5.74) is 2.95. The van der Waals surface area contributed by atoms with Gasteiger partial charge in [0, 0.05) is 24.0 Å². The summed E-state index contributed by atoms with van der Waals surface area (Å²) in [6.07, 6.45) is -0.575. The Morgan fingerprint density at radius 2 is 2.00 bits per heavy atom. The highest BCUT2D eigenvalue weighted by Crippen LogP contribution is 2.22. The predicted molar refractivity (Wildman–Crippen MR) is 97.2 cm³/mol. The van der Waals surface area contributed by atoms with E-state index in [1.165, 1.54) is 0 Å². The van der Waals surface area contributed by atoms with E-state index < -0.39 is 6.10 Å². The van der Waals surface area contributed by atoms with Crippen LogP contribution in [0.3, 0.4) is 0 Å². The van der Waals surface area contributed by atoms with E-state index in [1.54, 1.807) is 18.4 Å². The number of nitrogens with zero attached hydrogens (tertiary/aromatic N) is 1. The lowest BCUT2D eigenvalue weighted by Gasteiger charge is -2.12. The van der Waals surface area contributed by atoms with E-state index in [9.17, 15) is 5.11 Å². The van der Waals surface area contributed by atoms with E-state index in [0.29, 0.717) is 13.1 Å². The summed E-state index contributed by atoms with van der Waals surface area (Å²) in [4.78, 5) is 4.63. The molecule has 1 unspecified atom stereocenters. The summed E-state index contributed by atoms with van der Waals surface area (Å²) in [6, 6.07) is 17.6. The smallest absolute Gasteiger partial charge is 0.119 e. The molecule has 0 aliphatic heterocycles. The number of aliphatic hydroxyl groups is 1. The van der Waals surface area contributed by atoms with Crippen LogP contribution in [0.1, 0.15) is 16.7 Å². The van der Waals surface area contributed by atoms with Gasteiger partial charge in [-0.25, -0.2) is 4.98 Å². The Bertz CT molecular complexity index is 774. The zero-order chi connectivity index (χ0) is 16.8. The Morgan fingerprint density at radius 1 is 1.17 bits per heavy atom. The molecule has 0 amide bonds. The number of methoxy groups -OCH3 is 1. The van der Waals surface area contributed by atoms with Gasteiger partial charge in [0.1, 0.15) is 10.8 Å². The molecule has 0 spiro atoms. The van der Waals surface area contributed by atoms with Crippen LogP contribution >= 0.6 is 11.3 Å². The maximum Gasteiger partial charge on any atom is 0.119 e. The Kier molecular flexibility index (Phi) is 5.59. The van der Waals surface area contributed by atoms with Gasteiger partial charge in [0.25, 0.3) is 0 Å². The number of aliphatic hydroxyl groups excluding tert-OH is 1. The molecule has 0 radical (unpaired) electrons. The SMILES string of the molecule is COc1cccc(C(O)CNCc2nc(-c3ccccc3)cs2)c1. The van der Waals surface area contributed by atoms with Crippen molar-refractivity contribution in [3.8, 4) is 17.0 Å². The molecule has 4 nitrogen and oxygen atoms in total. The average Bonchev–Trinajstić information content (AvgIpc) is 3.11. The van der Waals surface area contributed by atoms with Crippen molar-refractivity contribution >= 4 is 11.3 Å². The normalized spacial score (nSPS) is 12.1. The summed E-state index contributed by atoms with van der Waals surface area (Å²) < 4.78 is 5.18. The molecule has 0 aliphatic rings. The highest BCUT2D eigenvalue weighted by molar-refractivity contribution is 7.09. The van der Waals surface area contributed by atoms with Crippen LogP contribution in [0.5, 0.6) is 5.75 Å². The van der Waals surface area contributed by atoms with Crippen LogP contribution in [0.4, 0.5) is 0 Å². The Hall–Kier alpha value is -2.21. The van der Waals surface area contributed by atoms with Crippen molar-refractivity contribution < 1.29 is 9.84 Å². The molecule has 2 N–H and O–H groups in total. The molecule has 0 saturated carbocycles. The number of thiazole rings is 1. The Morgan fingerprint density at radius 3 is 2.79 bits per heavy atom. The molecule has 1 heterocycles. The summed E-state index contributed by atoms with van der Waals surface area (Å²) in [7, 11) is 1.62. The Labute approximate surface area is 145 Å². The summed E-state index contributed by atoms with van der Waals surface area (Å²) >= 11 is 1.62. The number of hydrogen-bond donors (Lipinski definition) is 2. The molecular weight excluding hydrogens is 320 g/mol. The van der Waals surface area contributed by atoms with Gasteiger partial charge in [0.2, 0.25) is 0 Å². The van der Waals surface area contributed by atoms with Gasteiger partial charge in [-0.1, -0.05) is 42.5 Å². The van der Waals surface area contributed by atoms with Crippen molar-refractivity contribution in [2.24, 2.45) is 0 Å². The standard InChI is InChI=1S/C19H20N2O2S/c1-23-16-9-5-8-15(10-16)18(22)11-20-12-19-21-17(13-24-19)14-6-3-2-4-7-14/h2-10,13,18,20,22H,11-12H2,1H3. The number of hydrogen-bond acceptors (Lipinski definition) is 5. The zero-order valence-corrected chi connectivity index (χ0v) is 14.3. The van der Waals surface area contributed by atoms with E-state index in [0.717, 1.165) is 27.6 Å². The number of ether oxygens (including phenoxy) is 1. The maximum absolute atomic E-state index is 10.3. The zero-order valence-electron chi connectivity index (χ0n) is 13.5. The molecule has 0 aliphatic carbocycles. The number of aromatic nitrogens is 1. The van der Waals surface area contributed by atoms with Crippen molar-refractivity contribution in [3.63, 3.8) is 0 Å². The van der Waals surface area contributed by atoms with Crippen LogP contribution < -0.4 is 10.1 Å². The number of rotatable bonds is 7. The quantitative estimate of drug-likeness (QED) is 0.689. The van der Waals surface area contributed by atoms with E-state index in [-0.39, 0.29) is 0 Å². The van der Waals surface area contributed by atoms with Crippen LogP contribution in [0.25, 0.3) is 11.3 Å². The largest absolute Gasteiger partial charge is 0.497 e. The van der Waals surface area contributed by atoms with E-state index >= 15 is 0 Å². The third-order valence-electron chi connectivity index (χ3n) is 3.71. The van der Waals surface area contributed by atoms with Gasteiger partial charge in [0.05, 0.1) is 18.9 Å². The van der Waals surface area contributed by atoms with E-state index in [4.69, 9.17) is 4.74 Å². The summed E-state index contributed by atoms with van der Waals surface area (Å²) in [5, 5.41) is 16.6. The molecule has 24 heavy (non-hydrogen) atoms. The van der Waals surface area contributed by atoms with Gasteiger partial charge < -0.3 is 15.2 Å². The van der Waals surface area contributed by atoms with Crippen LogP contribution in [0.2, 0.25) is 0 Å². The van der Waals surface area contributed by atoms with Crippen molar-refractivity contribution in [3.05, 3.63) is 70.5 Å². The molecule has 3 aromatic rings. The van der Waals surface area contributed by atoms with Gasteiger partial charge in [-0.2, -0.15) is 0 Å². The van der Waals surface area contributed by atoms with Crippen LogP contribution in [-0.2, 0) is 6.54 Å². The molecule has 2 aromatic carbocycles. The molecule has 1 aromatic heterocycles. The van der Waals surface area contributed by atoms with Gasteiger partial charge in [-0.3, -0.25) is 0 Å². The molecule has 5 heteroatoms. The first-order valence-electron chi connectivity index (χ1n) is 7.79. The Balaban J connectivity index is 1.54. The number of benzene rings is 2. The monoisotopic (exact) mass is 340 g/mol. The topological polar surface area (TPSA) is 54.4 Å². The highest BCUT2D eigenvalue weighted by atomic mass is 32.1. The fraction of sp³-hybridized carbons (Fsp3) is 0.211. The lowest BCUT2D eigenvalue weighted by Crippen LogP contribution is -2.21. The molecule has 124 valence electrons. The van der Waals surface area contributed by atoms with Crippen molar-refractivity contribution in [2.45, 2.75) is 12.6 Å². The maximum atomic E-state index is 10.3. The van der Waals surface area contributed by atoms with Crippen LogP contribution in [-0.4, -0.2) is 23.7 Å². The summed E-state index contributed by atoms with van der Waals surface area (Å²) in [5.74, 6) is 0.749. The number of nitrogens with one attached hydrogen (secondary N) is 1. The second-order valence-electron chi connectivity index (χ2n) is 5.42. The third-order valence-corrected chi connectivity index (χ3v) is 4.56. The first-order valence-corrected chi connectivity index (χ1v) is 8.67. The highest BCUT2D eigenvalue weighted by Gasteiger charge is 2.09. The van der Waals surface area contributed by atoms with Crippen molar-refractivity contribution in [2.75, 3.05) is 13.7 Å². The van der Waals surface area contributed by atoms with E-state index in [2.05, 4.69) is 27.8 Å². The molecular formula is C19H20N2O2S. The first-order chi connectivity index (χ1) is 11.8. The molecule has 3 rings (SSSR count). The minimum Gasteiger partial charge on any atom is -0.497 e. The van der Waals surface area contributed by atoms with Gasteiger partial charge in [-0.05, 0) is 17.7 Å². The fourth-order valence-electron chi connectivity index (χ4n) is 2.42. The van der Waals surface area contributed by atoms with Gasteiger partial charge in [0.15, 0.2) is 0 Å². The fourth-order valence-corrected chi connectivity index (χ4v) is 3.19. The second-order valence-corrected chi connectivity index (χ2v) is 6.36. The molecule has 0 bridgehead atoms. The first kappa shape index (κ1) is 16.6. The van der Waals surface area contributed by atoms with Crippen LogP contribution in [0.15, 0.2) is 60.0 Å². The predicted octanol–water partition coefficient (Wildman–Crippen LogP) is 3.64.